The van der Waals surface area contributed by atoms with Gasteiger partial charge >= 0.3 is 0 Å². The number of hydrogen-bond donors (Lipinski definition) is 1. The number of aryl methyl sites for hydroxylation is 2. The minimum absolute atomic E-state index is 0.149. The lowest BCUT2D eigenvalue weighted by Crippen LogP contribution is -2.02. The van der Waals surface area contributed by atoms with Crippen molar-refractivity contribution in [2.75, 3.05) is 5.32 Å². The molecule has 0 fully saturated rings. The zero-order valence-electron chi connectivity index (χ0n) is 12.2. The summed E-state index contributed by atoms with van der Waals surface area (Å²) >= 11 is 0. The van der Waals surface area contributed by atoms with Crippen molar-refractivity contribution in [1.82, 2.24) is 4.57 Å². The van der Waals surface area contributed by atoms with Crippen LogP contribution in [-0.2, 0) is 13.6 Å². The van der Waals surface area contributed by atoms with Gasteiger partial charge in [-0.1, -0.05) is 6.07 Å². The lowest BCUT2D eigenvalue weighted by molar-refractivity contribution is -0.385. The quantitative estimate of drug-likeness (QED) is 0.685. The first-order chi connectivity index (χ1) is 9.40. The van der Waals surface area contributed by atoms with Crippen LogP contribution in [0.1, 0.15) is 22.5 Å². The molecular weight excluding hydrogens is 254 g/mol. The molecule has 1 heterocycles. The van der Waals surface area contributed by atoms with Gasteiger partial charge in [0.05, 0.1) is 4.92 Å². The summed E-state index contributed by atoms with van der Waals surface area (Å²) in [5.41, 5.74) is 5.20. The summed E-state index contributed by atoms with van der Waals surface area (Å²) in [5.74, 6) is 0. The van der Waals surface area contributed by atoms with Crippen LogP contribution in [0.15, 0.2) is 24.3 Å². The van der Waals surface area contributed by atoms with Crippen molar-refractivity contribution in [2.24, 2.45) is 7.05 Å². The molecule has 0 radical (unpaired) electrons. The lowest BCUT2D eigenvalue weighted by atomic mass is 10.1. The highest BCUT2D eigenvalue weighted by Gasteiger charge is 2.11. The minimum Gasteiger partial charge on any atom is -0.381 e. The fourth-order valence-corrected chi connectivity index (χ4v) is 2.23. The van der Waals surface area contributed by atoms with Crippen molar-refractivity contribution < 1.29 is 4.92 Å². The molecule has 0 saturated carbocycles. The van der Waals surface area contributed by atoms with Crippen molar-refractivity contribution in [3.8, 4) is 0 Å². The summed E-state index contributed by atoms with van der Waals surface area (Å²) in [4.78, 5) is 10.6. The molecule has 0 amide bonds. The van der Waals surface area contributed by atoms with Crippen LogP contribution in [-0.4, -0.2) is 9.49 Å². The van der Waals surface area contributed by atoms with Crippen molar-refractivity contribution in [2.45, 2.75) is 27.3 Å². The molecule has 0 aliphatic heterocycles. The highest BCUT2D eigenvalue weighted by Crippen LogP contribution is 2.23. The van der Waals surface area contributed by atoms with Gasteiger partial charge in [-0.25, -0.2) is 0 Å². The highest BCUT2D eigenvalue weighted by molar-refractivity contribution is 5.55. The molecule has 0 aliphatic carbocycles. The summed E-state index contributed by atoms with van der Waals surface area (Å²) in [5, 5.41) is 14.2. The van der Waals surface area contributed by atoms with E-state index in [0.717, 1.165) is 5.69 Å². The van der Waals surface area contributed by atoms with Gasteiger partial charge in [0.15, 0.2) is 0 Å². The highest BCUT2D eigenvalue weighted by atomic mass is 16.6. The Labute approximate surface area is 118 Å². The maximum atomic E-state index is 10.9. The van der Waals surface area contributed by atoms with Crippen LogP contribution in [0.25, 0.3) is 0 Å². The number of anilines is 1. The number of aromatic nitrogens is 1. The lowest BCUT2D eigenvalue weighted by Gasteiger charge is -2.07. The Morgan fingerprint density at radius 3 is 2.50 bits per heavy atom. The summed E-state index contributed by atoms with van der Waals surface area (Å²) in [7, 11) is 2.03. The second kappa shape index (κ2) is 5.36. The average Bonchev–Trinajstić information content (AvgIpc) is 2.65. The van der Waals surface area contributed by atoms with Gasteiger partial charge < -0.3 is 9.88 Å². The average molecular weight is 273 g/mol. The first-order valence-electron chi connectivity index (χ1n) is 6.51. The van der Waals surface area contributed by atoms with Crippen molar-refractivity contribution >= 4 is 11.4 Å². The molecule has 1 aromatic heterocycles. The summed E-state index contributed by atoms with van der Waals surface area (Å²) in [6, 6.07) is 7.35. The largest absolute Gasteiger partial charge is 0.381 e. The fraction of sp³-hybridized carbons (Fsp3) is 0.333. The van der Waals surface area contributed by atoms with Gasteiger partial charge in [-0.05, 0) is 38.5 Å². The SMILES string of the molecule is Cc1ccc(NCc2cc(C)n(C)c2C)cc1[N+](=O)[O-]. The molecule has 5 heteroatoms. The Kier molecular flexibility index (Phi) is 3.79. The zero-order chi connectivity index (χ0) is 14.9. The van der Waals surface area contributed by atoms with Gasteiger partial charge in [-0.2, -0.15) is 0 Å². The van der Waals surface area contributed by atoms with Crippen LogP contribution < -0.4 is 5.32 Å². The molecule has 0 unspecified atom stereocenters. The van der Waals surface area contributed by atoms with Crippen LogP contribution in [0.4, 0.5) is 11.4 Å². The number of nitrogens with zero attached hydrogens (tertiary/aromatic N) is 2. The van der Waals surface area contributed by atoms with Crippen LogP contribution in [0.3, 0.4) is 0 Å². The Balaban J connectivity index is 2.17. The molecular formula is C15H19N3O2. The van der Waals surface area contributed by atoms with E-state index in [1.807, 2.05) is 13.1 Å². The molecule has 0 atom stereocenters. The van der Waals surface area contributed by atoms with Crippen LogP contribution in [0, 0.1) is 30.9 Å². The molecule has 0 spiro atoms. The predicted molar refractivity (Wildman–Crippen MR) is 80.0 cm³/mol. The van der Waals surface area contributed by atoms with Crippen molar-refractivity contribution in [3.63, 3.8) is 0 Å². The maximum Gasteiger partial charge on any atom is 0.274 e. The topological polar surface area (TPSA) is 60.1 Å². The van der Waals surface area contributed by atoms with E-state index in [0.29, 0.717) is 12.1 Å². The number of rotatable bonds is 4. The third-order valence-corrected chi connectivity index (χ3v) is 3.77. The Morgan fingerprint density at radius 1 is 1.25 bits per heavy atom. The van der Waals surface area contributed by atoms with Crippen LogP contribution >= 0.6 is 0 Å². The zero-order valence-corrected chi connectivity index (χ0v) is 12.2. The third-order valence-electron chi connectivity index (χ3n) is 3.77. The number of benzene rings is 1. The van der Waals surface area contributed by atoms with E-state index in [9.17, 15) is 10.1 Å². The Morgan fingerprint density at radius 2 is 1.95 bits per heavy atom. The molecule has 5 nitrogen and oxygen atoms in total. The summed E-state index contributed by atoms with van der Waals surface area (Å²) in [6.45, 7) is 6.54. The molecule has 106 valence electrons. The molecule has 0 saturated heterocycles. The molecule has 1 aromatic carbocycles. The standard InChI is InChI=1S/C15H19N3O2/c1-10-5-6-14(8-15(10)18(19)20)16-9-13-7-11(2)17(4)12(13)3/h5-8,16H,9H2,1-4H3. The first kappa shape index (κ1) is 14.1. The van der Waals surface area contributed by atoms with Gasteiger partial charge in [-0.3, -0.25) is 10.1 Å². The number of nitro benzene ring substituents is 1. The second-order valence-electron chi connectivity index (χ2n) is 5.07. The van der Waals surface area contributed by atoms with E-state index >= 15 is 0 Å². The Bertz CT molecular complexity index is 659. The van der Waals surface area contributed by atoms with E-state index < -0.39 is 0 Å². The number of nitrogens with one attached hydrogen (secondary N) is 1. The van der Waals surface area contributed by atoms with E-state index in [-0.39, 0.29) is 10.6 Å². The monoisotopic (exact) mass is 273 g/mol. The second-order valence-corrected chi connectivity index (χ2v) is 5.07. The fourth-order valence-electron chi connectivity index (χ4n) is 2.23. The Hall–Kier alpha value is -2.30. The molecule has 0 bridgehead atoms. The van der Waals surface area contributed by atoms with Gasteiger partial charge in [0, 0.05) is 42.3 Å². The first-order valence-corrected chi connectivity index (χ1v) is 6.51. The van der Waals surface area contributed by atoms with E-state index in [1.54, 1.807) is 19.1 Å². The van der Waals surface area contributed by atoms with E-state index in [1.165, 1.54) is 17.0 Å². The van der Waals surface area contributed by atoms with Gasteiger partial charge in [0.25, 0.3) is 5.69 Å². The molecule has 0 aliphatic rings. The van der Waals surface area contributed by atoms with E-state index in [4.69, 9.17) is 0 Å². The normalized spacial score (nSPS) is 10.6. The molecule has 2 aromatic rings. The van der Waals surface area contributed by atoms with Crippen LogP contribution in [0.2, 0.25) is 0 Å². The summed E-state index contributed by atoms with van der Waals surface area (Å²) < 4.78 is 2.13. The molecule has 20 heavy (non-hydrogen) atoms. The smallest absolute Gasteiger partial charge is 0.274 e. The van der Waals surface area contributed by atoms with E-state index in [2.05, 4.69) is 29.8 Å². The van der Waals surface area contributed by atoms with Crippen molar-refractivity contribution in [1.29, 1.82) is 0 Å². The van der Waals surface area contributed by atoms with Crippen LogP contribution in [0.5, 0.6) is 0 Å². The molecule has 2 rings (SSSR count). The third kappa shape index (κ3) is 2.66. The van der Waals surface area contributed by atoms with Gasteiger partial charge in [0.1, 0.15) is 0 Å². The maximum absolute atomic E-state index is 10.9. The number of nitro groups is 1. The molecule has 1 N–H and O–H groups in total. The van der Waals surface area contributed by atoms with Gasteiger partial charge in [0.2, 0.25) is 0 Å². The van der Waals surface area contributed by atoms with Crippen molar-refractivity contribution in [3.05, 3.63) is 56.9 Å². The number of hydrogen-bond acceptors (Lipinski definition) is 3. The minimum atomic E-state index is -0.349. The van der Waals surface area contributed by atoms with Gasteiger partial charge in [-0.15, -0.1) is 0 Å². The predicted octanol–water partition coefficient (Wildman–Crippen LogP) is 3.47. The summed E-state index contributed by atoms with van der Waals surface area (Å²) in [6.07, 6.45) is 0.